The summed E-state index contributed by atoms with van der Waals surface area (Å²) < 4.78 is 15.1. The van der Waals surface area contributed by atoms with Gasteiger partial charge in [-0.3, -0.25) is 4.79 Å². The van der Waals surface area contributed by atoms with E-state index in [-0.39, 0.29) is 12.2 Å². The Labute approximate surface area is 176 Å². The Morgan fingerprint density at radius 3 is 2.60 bits per heavy atom. The highest BCUT2D eigenvalue weighted by molar-refractivity contribution is 7.20. The first kappa shape index (κ1) is 21.1. The van der Waals surface area contributed by atoms with Crippen LogP contribution in [-0.4, -0.2) is 31.1 Å². The smallest absolute Gasteiger partial charge is 0.341 e. The van der Waals surface area contributed by atoms with E-state index in [1.807, 2.05) is 30.3 Å². The zero-order valence-electron chi connectivity index (χ0n) is 16.1. The van der Waals surface area contributed by atoms with E-state index in [0.717, 1.165) is 16.5 Å². The lowest BCUT2D eigenvalue weighted by Crippen LogP contribution is -2.20. The fraction of sp³-hybridized carbons (Fsp3) is 0.136. The Hall–Kier alpha value is -3.65. The Kier molecular flexibility index (Phi) is 7.18. The Bertz CT molecular complexity index is 1040. The summed E-state index contributed by atoms with van der Waals surface area (Å²) in [5, 5.41) is 2.96. The van der Waals surface area contributed by atoms with Gasteiger partial charge in [0, 0.05) is 11.0 Å². The highest BCUT2D eigenvalue weighted by Gasteiger charge is 2.20. The fourth-order valence-electron chi connectivity index (χ4n) is 2.47. The van der Waals surface area contributed by atoms with E-state index in [1.54, 1.807) is 25.1 Å². The molecule has 0 saturated carbocycles. The lowest BCUT2D eigenvalue weighted by atomic mass is 10.1. The maximum atomic E-state index is 12.3. The molecule has 7 nitrogen and oxygen atoms in total. The molecule has 8 heteroatoms. The predicted octanol–water partition coefficient (Wildman–Crippen LogP) is 4.38. The number of carbonyl (C=O) groups excluding carboxylic acids is 3. The maximum absolute atomic E-state index is 12.3. The van der Waals surface area contributed by atoms with Gasteiger partial charge in [-0.15, -0.1) is 11.3 Å². The summed E-state index contributed by atoms with van der Waals surface area (Å²) in [6.07, 6.45) is 4.07. The largest absolute Gasteiger partial charge is 0.465 e. The average molecular weight is 425 g/mol. The van der Waals surface area contributed by atoms with E-state index < -0.39 is 24.5 Å². The number of rotatable bonds is 8. The monoisotopic (exact) mass is 425 g/mol. The number of hydrogen-bond acceptors (Lipinski definition) is 7. The van der Waals surface area contributed by atoms with Gasteiger partial charge in [-0.2, -0.15) is 0 Å². The van der Waals surface area contributed by atoms with Gasteiger partial charge >= 0.3 is 11.9 Å². The van der Waals surface area contributed by atoms with Crippen LogP contribution in [0.4, 0.5) is 5.00 Å². The third kappa shape index (κ3) is 5.68. The second kappa shape index (κ2) is 10.2. The molecule has 0 unspecified atom stereocenters. The molecule has 2 aromatic heterocycles. The second-order valence-corrected chi connectivity index (χ2v) is 7.00. The van der Waals surface area contributed by atoms with Crippen LogP contribution >= 0.6 is 11.3 Å². The zero-order chi connectivity index (χ0) is 21.3. The van der Waals surface area contributed by atoms with Crippen LogP contribution in [-0.2, 0) is 19.1 Å². The number of furan rings is 1. The van der Waals surface area contributed by atoms with E-state index in [4.69, 9.17) is 13.9 Å². The number of esters is 2. The van der Waals surface area contributed by atoms with Crippen molar-refractivity contribution in [2.45, 2.75) is 6.92 Å². The Morgan fingerprint density at radius 1 is 1.10 bits per heavy atom. The van der Waals surface area contributed by atoms with Gasteiger partial charge in [0.15, 0.2) is 6.61 Å². The topological polar surface area (TPSA) is 94.8 Å². The summed E-state index contributed by atoms with van der Waals surface area (Å²) >= 11 is 1.24. The number of hydrogen-bond donors (Lipinski definition) is 1. The number of ether oxygens (including phenoxy) is 2. The summed E-state index contributed by atoms with van der Waals surface area (Å²) in [6, 6.07) is 14.5. The van der Waals surface area contributed by atoms with E-state index in [0.29, 0.717) is 10.8 Å². The number of benzene rings is 1. The Morgan fingerprint density at radius 2 is 1.90 bits per heavy atom. The highest BCUT2D eigenvalue weighted by Crippen LogP contribution is 2.35. The minimum absolute atomic E-state index is 0.211. The number of amides is 1. The van der Waals surface area contributed by atoms with Crippen molar-refractivity contribution in [1.29, 1.82) is 0 Å². The maximum Gasteiger partial charge on any atom is 0.341 e. The van der Waals surface area contributed by atoms with Crippen molar-refractivity contribution < 1.29 is 28.3 Å². The standard InChI is InChI=1S/C22H19NO6S/c1-2-27-22(26)17-13-18(15-7-4-3-5-8-15)30-21(17)23-19(24)14-29-20(25)11-10-16-9-6-12-28-16/h3-13H,2,14H2,1H3,(H,23,24). The molecule has 1 amide bonds. The predicted molar refractivity (Wildman–Crippen MR) is 113 cm³/mol. The fourth-order valence-corrected chi connectivity index (χ4v) is 3.54. The summed E-state index contributed by atoms with van der Waals surface area (Å²) in [7, 11) is 0. The molecule has 0 aliphatic heterocycles. The number of carbonyl (C=O) groups is 3. The van der Waals surface area contributed by atoms with Crippen molar-refractivity contribution in [3.63, 3.8) is 0 Å². The molecule has 3 aromatic rings. The van der Waals surface area contributed by atoms with Crippen molar-refractivity contribution in [2.75, 3.05) is 18.5 Å². The Balaban J connectivity index is 1.66. The number of thiophene rings is 1. The molecule has 0 atom stereocenters. The van der Waals surface area contributed by atoms with E-state index in [9.17, 15) is 14.4 Å². The second-order valence-electron chi connectivity index (χ2n) is 5.94. The van der Waals surface area contributed by atoms with Crippen LogP contribution in [0.25, 0.3) is 16.5 Å². The van der Waals surface area contributed by atoms with Gasteiger partial charge in [0.1, 0.15) is 10.8 Å². The zero-order valence-corrected chi connectivity index (χ0v) is 16.9. The molecule has 2 heterocycles. The van der Waals surface area contributed by atoms with Crippen LogP contribution in [0.1, 0.15) is 23.0 Å². The number of nitrogens with one attached hydrogen (secondary N) is 1. The van der Waals surface area contributed by atoms with Crippen molar-refractivity contribution in [3.8, 4) is 10.4 Å². The molecule has 154 valence electrons. The van der Waals surface area contributed by atoms with Crippen LogP contribution in [0, 0.1) is 0 Å². The van der Waals surface area contributed by atoms with Gasteiger partial charge in [-0.1, -0.05) is 30.3 Å². The van der Waals surface area contributed by atoms with Gasteiger partial charge in [-0.05, 0) is 36.8 Å². The van der Waals surface area contributed by atoms with Crippen LogP contribution in [0.5, 0.6) is 0 Å². The van der Waals surface area contributed by atoms with Crippen molar-refractivity contribution in [1.82, 2.24) is 0 Å². The van der Waals surface area contributed by atoms with Crippen molar-refractivity contribution in [2.24, 2.45) is 0 Å². The first-order valence-corrected chi connectivity index (χ1v) is 9.93. The summed E-state index contributed by atoms with van der Waals surface area (Å²) in [4.78, 5) is 37.1. The van der Waals surface area contributed by atoms with Crippen LogP contribution in [0.2, 0.25) is 0 Å². The average Bonchev–Trinajstić information content (AvgIpc) is 3.42. The summed E-state index contributed by atoms with van der Waals surface area (Å²) in [6.45, 7) is 1.42. The normalized spacial score (nSPS) is 10.7. The van der Waals surface area contributed by atoms with Gasteiger partial charge in [0.05, 0.1) is 18.4 Å². The molecule has 1 N–H and O–H groups in total. The molecule has 0 aliphatic rings. The minimum atomic E-state index is -0.691. The first-order valence-electron chi connectivity index (χ1n) is 9.11. The van der Waals surface area contributed by atoms with Gasteiger partial charge in [0.25, 0.3) is 5.91 Å². The van der Waals surface area contributed by atoms with Crippen molar-refractivity contribution in [3.05, 3.63) is 72.2 Å². The van der Waals surface area contributed by atoms with Crippen LogP contribution < -0.4 is 5.32 Å². The molecule has 1 aromatic carbocycles. The molecule has 0 aliphatic carbocycles. The first-order chi connectivity index (χ1) is 14.6. The summed E-state index contributed by atoms with van der Waals surface area (Å²) in [5.74, 6) is -1.31. The minimum Gasteiger partial charge on any atom is -0.465 e. The van der Waals surface area contributed by atoms with Crippen LogP contribution in [0.3, 0.4) is 0 Å². The highest BCUT2D eigenvalue weighted by atomic mass is 32.1. The van der Waals surface area contributed by atoms with Crippen LogP contribution in [0.15, 0.2) is 65.3 Å². The number of anilines is 1. The lowest BCUT2D eigenvalue weighted by Gasteiger charge is -2.06. The van der Waals surface area contributed by atoms with Crippen molar-refractivity contribution >= 4 is 40.3 Å². The van der Waals surface area contributed by atoms with E-state index in [1.165, 1.54) is 23.7 Å². The molecular formula is C22H19NO6S. The van der Waals surface area contributed by atoms with Gasteiger partial charge in [-0.25, -0.2) is 9.59 Å². The molecule has 0 fully saturated rings. The van der Waals surface area contributed by atoms with Gasteiger partial charge in [0.2, 0.25) is 0 Å². The molecule has 0 bridgehead atoms. The molecule has 0 spiro atoms. The third-order valence-electron chi connectivity index (χ3n) is 3.81. The molecule has 30 heavy (non-hydrogen) atoms. The quantitative estimate of drug-likeness (QED) is 0.425. The molecule has 0 saturated heterocycles. The van der Waals surface area contributed by atoms with Gasteiger partial charge < -0.3 is 19.2 Å². The van der Waals surface area contributed by atoms with E-state index >= 15 is 0 Å². The molecular weight excluding hydrogens is 406 g/mol. The summed E-state index contributed by atoms with van der Waals surface area (Å²) in [5.41, 5.74) is 1.15. The third-order valence-corrected chi connectivity index (χ3v) is 4.91. The SMILES string of the molecule is CCOC(=O)c1cc(-c2ccccc2)sc1NC(=O)COC(=O)C=Cc1ccco1. The lowest BCUT2D eigenvalue weighted by molar-refractivity contribution is -0.142. The van der Waals surface area contributed by atoms with E-state index in [2.05, 4.69) is 5.32 Å². The molecule has 0 radical (unpaired) electrons. The molecule has 3 rings (SSSR count).